The van der Waals surface area contributed by atoms with E-state index in [0.29, 0.717) is 0 Å². The molecule has 0 amide bonds. The van der Waals surface area contributed by atoms with Crippen LogP contribution in [0.4, 0.5) is 34.1 Å². The molecule has 0 saturated carbocycles. The SMILES string of the molecule is c1ccc(-c2ccc(N(c3ccccc3)c3ccc4c(c3)C(c3ccccc3)(c3ccccc3)c3cc(N(c5ccccc5)c5ccc(-c6ccccc6)cc5)ccc3-4)cc2)cc1. The average molecular weight is 805 g/mol. The van der Waals surface area contributed by atoms with Crippen molar-refractivity contribution in [1.29, 1.82) is 0 Å². The van der Waals surface area contributed by atoms with E-state index in [4.69, 9.17) is 0 Å². The molecule has 0 atom stereocenters. The van der Waals surface area contributed by atoms with Gasteiger partial charge >= 0.3 is 0 Å². The maximum atomic E-state index is 2.45. The molecule has 0 spiro atoms. The lowest BCUT2D eigenvalue weighted by Crippen LogP contribution is -2.29. The van der Waals surface area contributed by atoms with Gasteiger partial charge < -0.3 is 9.80 Å². The number of anilines is 6. The molecule has 10 aromatic carbocycles. The smallest absolute Gasteiger partial charge is 0.0715 e. The highest BCUT2D eigenvalue weighted by molar-refractivity contribution is 5.92. The maximum absolute atomic E-state index is 2.45. The number of hydrogen-bond donors (Lipinski definition) is 0. The van der Waals surface area contributed by atoms with Crippen LogP contribution < -0.4 is 9.80 Å². The van der Waals surface area contributed by atoms with E-state index in [1.54, 1.807) is 0 Å². The zero-order valence-corrected chi connectivity index (χ0v) is 34.8. The first-order chi connectivity index (χ1) is 31.3. The van der Waals surface area contributed by atoms with Gasteiger partial charge in [0.05, 0.1) is 5.41 Å². The summed E-state index contributed by atoms with van der Waals surface area (Å²) in [5, 5.41) is 0. The second-order valence-corrected chi connectivity index (χ2v) is 16.1. The number of nitrogens with zero attached hydrogens (tertiary/aromatic N) is 2. The van der Waals surface area contributed by atoms with E-state index in [0.717, 1.165) is 34.1 Å². The highest BCUT2D eigenvalue weighted by Crippen LogP contribution is 2.58. The Balaban J connectivity index is 1.11. The molecule has 0 heterocycles. The standard InChI is InChI=1S/C61H44N2/c1-7-19-45(20-8-1)47-31-35-53(36-32-47)62(51-27-15-5-16-28-51)55-39-41-57-58-42-40-56(44-60(58)61(59(57)43-55,49-23-11-3-12-24-49)50-25-13-4-14-26-50)63(52-29-17-6-18-30-52)54-37-33-48(34-38-54)46-21-9-2-10-22-46/h1-44H. The Bertz CT molecular complexity index is 2900. The third kappa shape index (κ3) is 6.79. The van der Waals surface area contributed by atoms with Crippen molar-refractivity contribution in [2.75, 3.05) is 9.80 Å². The van der Waals surface area contributed by atoms with E-state index in [9.17, 15) is 0 Å². The van der Waals surface area contributed by atoms with Crippen LogP contribution in [-0.2, 0) is 5.41 Å². The van der Waals surface area contributed by atoms with Crippen molar-refractivity contribution in [3.63, 3.8) is 0 Å². The molecule has 0 radical (unpaired) electrons. The molecule has 0 unspecified atom stereocenters. The summed E-state index contributed by atoms with van der Waals surface area (Å²) in [5.74, 6) is 0. The van der Waals surface area contributed by atoms with E-state index in [-0.39, 0.29) is 0 Å². The summed E-state index contributed by atoms with van der Waals surface area (Å²) < 4.78 is 0. The normalized spacial score (nSPS) is 12.3. The molecule has 0 N–H and O–H groups in total. The molecule has 0 bridgehead atoms. The van der Waals surface area contributed by atoms with Gasteiger partial charge in [-0.2, -0.15) is 0 Å². The number of rotatable bonds is 10. The van der Waals surface area contributed by atoms with Crippen molar-refractivity contribution in [2.45, 2.75) is 5.41 Å². The van der Waals surface area contributed by atoms with E-state index < -0.39 is 5.41 Å². The van der Waals surface area contributed by atoms with Gasteiger partial charge in [0, 0.05) is 34.1 Å². The lowest BCUT2D eigenvalue weighted by atomic mass is 9.67. The van der Waals surface area contributed by atoms with Crippen molar-refractivity contribution >= 4 is 34.1 Å². The van der Waals surface area contributed by atoms with Gasteiger partial charge in [0.1, 0.15) is 0 Å². The zero-order valence-electron chi connectivity index (χ0n) is 34.8. The minimum atomic E-state index is -0.627. The minimum Gasteiger partial charge on any atom is -0.310 e. The molecular formula is C61H44N2. The number of para-hydroxylation sites is 2. The Labute approximate surface area is 370 Å². The predicted molar refractivity (Wildman–Crippen MR) is 264 cm³/mol. The monoisotopic (exact) mass is 804 g/mol. The molecule has 0 fully saturated rings. The maximum Gasteiger partial charge on any atom is 0.0715 e. The lowest BCUT2D eigenvalue weighted by molar-refractivity contribution is 0.768. The predicted octanol–water partition coefficient (Wildman–Crippen LogP) is 16.3. The summed E-state index contributed by atoms with van der Waals surface area (Å²) in [6.07, 6.45) is 0. The molecule has 2 nitrogen and oxygen atoms in total. The van der Waals surface area contributed by atoms with Crippen LogP contribution >= 0.6 is 0 Å². The van der Waals surface area contributed by atoms with Gasteiger partial charge in [0.25, 0.3) is 0 Å². The Hall–Kier alpha value is -8.20. The van der Waals surface area contributed by atoms with Crippen molar-refractivity contribution in [3.8, 4) is 33.4 Å². The fraction of sp³-hybridized carbons (Fsp3) is 0.0164. The largest absolute Gasteiger partial charge is 0.310 e. The first-order valence-corrected chi connectivity index (χ1v) is 21.7. The third-order valence-corrected chi connectivity index (χ3v) is 12.5. The summed E-state index contributed by atoms with van der Waals surface area (Å²) in [5.41, 5.74) is 18.2. The number of benzene rings is 10. The van der Waals surface area contributed by atoms with Crippen molar-refractivity contribution < 1.29 is 0 Å². The van der Waals surface area contributed by atoms with Crippen LogP contribution in [0.25, 0.3) is 33.4 Å². The zero-order chi connectivity index (χ0) is 42.0. The van der Waals surface area contributed by atoms with Gasteiger partial charge in [-0.3, -0.25) is 0 Å². The fourth-order valence-corrected chi connectivity index (χ4v) is 9.66. The highest BCUT2D eigenvalue weighted by Gasteiger charge is 2.47. The molecule has 1 aliphatic rings. The topological polar surface area (TPSA) is 6.48 Å². The summed E-state index contributed by atoms with van der Waals surface area (Å²) >= 11 is 0. The van der Waals surface area contributed by atoms with Crippen LogP contribution in [0, 0.1) is 0 Å². The van der Waals surface area contributed by atoms with Crippen LogP contribution in [0.3, 0.4) is 0 Å². The number of hydrogen-bond acceptors (Lipinski definition) is 2. The van der Waals surface area contributed by atoms with Crippen LogP contribution in [0.15, 0.2) is 267 Å². The quantitative estimate of drug-likeness (QED) is 0.136. The minimum absolute atomic E-state index is 0.627. The van der Waals surface area contributed by atoms with Crippen LogP contribution in [0.1, 0.15) is 22.3 Å². The van der Waals surface area contributed by atoms with Gasteiger partial charge in [0.15, 0.2) is 0 Å². The van der Waals surface area contributed by atoms with Gasteiger partial charge in [-0.15, -0.1) is 0 Å². The fourth-order valence-electron chi connectivity index (χ4n) is 9.66. The molecular weight excluding hydrogens is 761 g/mol. The van der Waals surface area contributed by atoms with Crippen molar-refractivity contribution in [1.82, 2.24) is 0 Å². The van der Waals surface area contributed by atoms with Crippen LogP contribution in [0.2, 0.25) is 0 Å². The molecule has 1 aliphatic carbocycles. The molecule has 0 aliphatic heterocycles. The van der Waals surface area contributed by atoms with E-state index in [1.807, 2.05) is 0 Å². The Morgan fingerprint density at radius 2 is 0.492 bits per heavy atom. The molecule has 0 saturated heterocycles. The Morgan fingerprint density at radius 1 is 0.222 bits per heavy atom. The summed E-state index contributed by atoms with van der Waals surface area (Å²) in [7, 11) is 0. The van der Waals surface area contributed by atoms with E-state index in [2.05, 4.69) is 277 Å². The Kier molecular flexibility index (Phi) is 9.80. The lowest BCUT2D eigenvalue weighted by Gasteiger charge is -2.35. The first-order valence-electron chi connectivity index (χ1n) is 21.7. The molecule has 298 valence electrons. The van der Waals surface area contributed by atoms with Crippen LogP contribution in [-0.4, -0.2) is 0 Å². The Morgan fingerprint density at radius 3 is 0.841 bits per heavy atom. The third-order valence-electron chi connectivity index (χ3n) is 12.5. The van der Waals surface area contributed by atoms with E-state index >= 15 is 0 Å². The van der Waals surface area contributed by atoms with Gasteiger partial charge in [-0.25, -0.2) is 0 Å². The molecule has 0 aromatic heterocycles. The van der Waals surface area contributed by atoms with Crippen molar-refractivity contribution in [2.24, 2.45) is 0 Å². The second kappa shape index (κ2) is 16.3. The molecule has 63 heavy (non-hydrogen) atoms. The first kappa shape index (κ1) is 37.8. The average Bonchev–Trinajstić information content (AvgIpc) is 3.66. The summed E-state index contributed by atoms with van der Waals surface area (Å²) in [6, 6.07) is 97.0. The second-order valence-electron chi connectivity index (χ2n) is 16.1. The van der Waals surface area contributed by atoms with Gasteiger partial charge in [-0.05, 0) is 128 Å². The van der Waals surface area contributed by atoms with Gasteiger partial charge in [-0.1, -0.05) is 194 Å². The van der Waals surface area contributed by atoms with Gasteiger partial charge in [0.2, 0.25) is 0 Å². The molecule has 2 heteroatoms. The van der Waals surface area contributed by atoms with Crippen LogP contribution in [0.5, 0.6) is 0 Å². The van der Waals surface area contributed by atoms with Crippen molar-refractivity contribution in [3.05, 3.63) is 289 Å². The molecule has 11 rings (SSSR count). The summed E-state index contributed by atoms with van der Waals surface area (Å²) in [4.78, 5) is 4.78. The molecule has 10 aromatic rings. The van der Waals surface area contributed by atoms with E-state index in [1.165, 1.54) is 55.6 Å². The summed E-state index contributed by atoms with van der Waals surface area (Å²) in [6.45, 7) is 0. The highest BCUT2D eigenvalue weighted by atomic mass is 15.1. The number of fused-ring (bicyclic) bond motifs is 3.